The van der Waals surface area contributed by atoms with Gasteiger partial charge in [0.15, 0.2) is 5.96 Å². The largest absolute Gasteiger partial charge is 0.480 e. The van der Waals surface area contributed by atoms with Gasteiger partial charge in [-0.3, -0.25) is 19.4 Å². The highest BCUT2D eigenvalue weighted by atomic mass is 16.4. The molecule has 12 nitrogen and oxygen atoms in total. The first-order valence-electron chi connectivity index (χ1n) is 7.02. The van der Waals surface area contributed by atoms with Crippen molar-refractivity contribution in [1.29, 1.82) is 0 Å². The number of rotatable bonds is 11. The van der Waals surface area contributed by atoms with Crippen molar-refractivity contribution < 1.29 is 24.3 Å². The summed E-state index contributed by atoms with van der Waals surface area (Å²) in [6, 6.07) is -2.33. The van der Waals surface area contributed by atoms with E-state index in [4.69, 9.17) is 28.0 Å². The van der Waals surface area contributed by atoms with Crippen LogP contribution >= 0.6 is 0 Å². The summed E-state index contributed by atoms with van der Waals surface area (Å²) in [5.74, 6) is -3.73. The van der Waals surface area contributed by atoms with Crippen LogP contribution in [0.1, 0.15) is 19.3 Å². The molecule has 0 radical (unpaired) electrons. The normalized spacial score (nSPS) is 12.5. The van der Waals surface area contributed by atoms with Crippen LogP contribution in [0.15, 0.2) is 4.99 Å². The summed E-state index contributed by atoms with van der Waals surface area (Å²) in [5, 5.41) is 13.2. The fourth-order valence-electron chi connectivity index (χ4n) is 1.60. The van der Waals surface area contributed by atoms with Gasteiger partial charge in [-0.25, -0.2) is 4.79 Å². The number of carboxylic acids is 1. The lowest BCUT2D eigenvalue weighted by Crippen LogP contribution is -2.49. The second kappa shape index (κ2) is 10.8. The summed E-state index contributed by atoms with van der Waals surface area (Å²) in [6.45, 7) is -0.166. The van der Waals surface area contributed by atoms with Crippen molar-refractivity contribution >= 4 is 29.7 Å². The first-order chi connectivity index (χ1) is 11.1. The Morgan fingerprint density at radius 1 is 1.12 bits per heavy atom. The van der Waals surface area contributed by atoms with Crippen LogP contribution < -0.4 is 33.6 Å². The molecule has 0 aromatic rings. The third-order valence-corrected chi connectivity index (χ3v) is 2.77. The molecule has 0 aromatic carbocycles. The Morgan fingerprint density at radius 2 is 1.75 bits per heavy atom. The van der Waals surface area contributed by atoms with E-state index in [1.807, 2.05) is 0 Å². The van der Waals surface area contributed by atoms with Crippen LogP contribution in [0, 0.1) is 0 Å². The number of amides is 3. The van der Waals surface area contributed by atoms with Crippen molar-refractivity contribution in [2.45, 2.75) is 31.3 Å². The molecule has 2 atom stereocenters. The summed E-state index contributed by atoms with van der Waals surface area (Å²) >= 11 is 0. The van der Waals surface area contributed by atoms with Crippen molar-refractivity contribution in [3.63, 3.8) is 0 Å². The SMILES string of the molecule is NC(=O)CC(NC(=O)CNC(=O)C(N)CCCN=C(N)N)C(=O)O. The van der Waals surface area contributed by atoms with Crippen LogP contribution in [0.4, 0.5) is 0 Å². The van der Waals surface area contributed by atoms with Crippen LogP contribution in [0.2, 0.25) is 0 Å². The monoisotopic (exact) mass is 345 g/mol. The number of carbonyl (C=O) groups excluding carboxylic acids is 3. The van der Waals surface area contributed by atoms with Gasteiger partial charge >= 0.3 is 5.97 Å². The van der Waals surface area contributed by atoms with Gasteiger partial charge in [0, 0.05) is 6.54 Å². The molecule has 0 fully saturated rings. The van der Waals surface area contributed by atoms with Crippen molar-refractivity contribution in [2.24, 2.45) is 27.9 Å². The second-order valence-electron chi connectivity index (χ2n) is 4.90. The number of carbonyl (C=O) groups is 4. The zero-order chi connectivity index (χ0) is 18.7. The van der Waals surface area contributed by atoms with Gasteiger partial charge in [0.1, 0.15) is 6.04 Å². The Morgan fingerprint density at radius 3 is 2.25 bits per heavy atom. The predicted molar refractivity (Wildman–Crippen MR) is 84.3 cm³/mol. The lowest BCUT2D eigenvalue weighted by Gasteiger charge is -2.14. The summed E-state index contributed by atoms with van der Waals surface area (Å²) in [6.07, 6.45) is 0.210. The average molecular weight is 345 g/mol. The van der Waals surface area contributed by atoms with Crippen molar-refractivity contribution in [1.82, 2.24) is 10.6 Å². The van der Waals surface area contributed by atoms with E-state index in [2.05, 4.69) is 15.6 Å². The minimum absolute atomic E-state index is 0.0614. The lowest BCUT2D eigenvalue weighted by atomic mass is 10.1. The molecule has 0 aliphatic heterocycles. The van der Waals surface area contributed by atoms with Gasteiger partial charge in [-0.1, -0.05) is 0 Å². The quantitative estimate of drug-likeness (QED) is 0.110. The highest BCUT2D eigenvalue weighted by Gasteiger charge is 2.22. The van der Waals surface area contributed by atoms with Gasteiger partial charge < -0.3 is 38.7 Å². The molecule has 0 aliphatic carbocycles. The number of aliphatic carboxylic acids is 1. The standard InChI is InChI=1S/C12H23N7O5/c13-6(2-1-3-17-12(15)16)10(22)18-5-9(21)19-7(11(23)24)4-8(14)20/h6-7H,1-5,13H2,(H2,14,20)(H,18,22)(H,19,21)(H,23,24)(H4,15,16,17). The van der Waals surface area contributed by atoms with E-state index in [9.17, 15) is 19.2 Å². The van der Waals surface area contributed by atoms with E-state index in [-0.39, 0.29) is 5.96 Å². The van der Waals surface area contributed by atoms with E-state index >= 15 is 0 Å². The zero-order valence-corrected chi connectivity index (χ0v) is 13.0. The fourth-order valence-corrected chi connectivity index (χ4v) is 1.60. The maximum atomic E-state index is 11.7. The van der Waals surface area contributed by atoms with E-state index in [0.717, 1.165) is 0 Å². The number of nitrogens with one attached hydrogen (secondary N) is 2. The van der Waals surface area contributed by atoms with E-state index in [1.54, 1.807) is 0 Å². The van der Waals surface area contributed by atoms with Crippen LogP contribution in [-0.2, 0) is 19.2 Å². The number of primary amides is 1. The van der Waals surface area contributed by atoms with Gasteiger partial charge in [-0.2, -0.15) is 0 Å². The van der Waals surface area contributed by atoms with Crippen molar-refractivity contribution in [3.8, 4) is 0 Å². The molecule has 0 rings (SSSR count). The molecule has 24 heavy (non-hydrogen) atoms. The average Bonchev–Trinajstić information content (AvgIpc) is 2.47. The first-order valence-corrected chi connectivity index (χ1v) is 7.02. The Hall–Kier alpha value is -2.89. The number of nitrogens with zero attached hydrogens (tertiary/aromatic N) is 1. The fraction of sp³-hybridized carbons (Fsp3) is 0.583. The van der Waals surface area contributed by atoms with E-state index < -0.39 is 48.7 Å². The molecule has 0 saturated carbocycles. The molecule has 0 spiro atoms. The smallest absolute Gasteiger partial charge is 0.326 e. The van der Waals surface area contributed by atoms with E-state index in [1.165, 1.54) is 0 Å². The summed E-state index contributed by atoms with van der Waals surface area (Å²) in [5.41, 5.74) is 20.8. The van der Waals surface area contributed by atoms with Gasteiger partial charge in [0.25, 0.3) is 0 Å². The molecule has 0 heterocycles. The second-order valence-corrected chi connectivity index (χ2v) is 4.90. The Bertz CT molecular complexity index is 504. The minimum atomic E-state index is -1.46. The zero-order valence-electron chi connectivity index (χ0n) is 13.0. The maximum Gasteiger partial charge on any atom is 0.326 e. The Kier molecular flexibility index (Phi) is 9.48. The molecule has 11 N–H and O–H groups in total. The number of hydrogen-bond donors (Lipinski definition) is 7. The van der Waals surface area contributed by atoms with Crippen LogP contribution in [0.3, 0.4) is 0 Å². The Labute approximate surface area is 138 Å². The number of carboxylic acid groups (broad SMARTS) is 1. The number of nitrogens with two attached hydrogens (primary N) is 4. The summed E-state index contributed by atoms with van der Waals surface area (Å²) < 4.78 is 0. The maximum absolute atomic E-state index is 11.7. The molecule has 136 valence electrons. The Balaban J connectivity index is 4.19. The number of hydrogen-bond acceptors (Lipinski definition) is 6. The third kappa shape index (κ3) is 9.94. The molecule has 12 heteroatoms. The molecule has 0 saturated heterocycles. The van der Waals surface area contributed by atoms with Crippen LogP contribution in [0.5, 0.6) is 0 Å². The first kappa shape index (κ1) is 21.1. The molecule has 0 bridgehead atoms. The van der Waals surface area contributed by atoms with Gasteiger partial charge in [-0.05, 0) is 12.8 Å². The molecule has 3 amide bonds. The van der Waals surface area contributed by atoms with E-state index in [0.29, 0.717) is 19.4 Å². The van der Waals surface area contributed by atoms with Crippen molar-refractivity contribution in [3.05, 3.63) is 0 Å². The van der Waals surface area contributed by atoms with Gasteiger partial charge in [-0.15, -0.1) is 0 Å². The van der Waals surface area contributed by atoms with Gasteiger partial charge in [0.05, 0.1) is 19.0 Å². The highest BCUT2D eigenvalue weighted by molar-refractivity contribution is 5.91. The van der Waals surface area contributed by atoms with Crippen LogP contribution in [-0.4, -0.2) is 59.9 Å². The minimum Gasteiger partial charge on any atom is -0.480 e. The molecular formula is C12H23N7O5. The molecular weight excluding hydrogens is 322 g/mol. The number of aliphatic imine (C=N–C) groups is 1. The predicted octanol–water partition coefficient (Wildman–Crippen LogP) is -4.07. The molecule has 0 aromatic heterocycles. The topological polar surface area (TPSA) is 229 Å². The summed E-state index contributed by atoms with van der Waals surface area (Å²) in [7, 11) is 0. The molecule has 0 aliphatic rings. The van der Waals surface area contributed by atoms with Crippen molar-refractivity contribution in [2.75, 3.05) is 13.1 Å². The third-order valence-electron chi connectivity index (χ3n) is 2.77. The lowest BCUT2D eigenvalue weighted by molar-refractivity contribution is -0.143. The van der Waals surface area contributed by atoms with Gasteiger partial charge in [0.2, 0.25) is 17.7 Å². The highest BCUT2D eigenvalue weighted by Crippen LogP contribution is 1.95. The summed E-state index contributed by atoms with van der Waals surface area (Å²) in [4.78, 5) is 48.6. The number of guanidine groups is 1. The molecule has 2 unspecified atom stereocenters. The van der Waals surface area contributed by atoms with Crippen LogP contribution in [0.25, 0.3) is 0 Å².